The number of nitrogens with one attached hydrogen (secondary N) is 2. The molecule has 1 aromatic heterocycles. The molecule has 144 valence electrons. The van der Waals surface area contributed by atoms with Crippen LogP contribution in [0.25, 0.3) is 0 Å². The Labute approximate surface area is 163 Å². The largest absolute Gasteiger partial charge is 0.486 e. The Morgan fingerprint density at radius 3 is 2.32 bits per heavy atom. The first-order valence-electron chi connectivity index (χ1n) is 8.72. The molecular formula is C20H19N3O4S. The zero-order chi connectivity index (χ0) is 19.6. The molecule has 0 fully saturated rings. The lowest BCUT2D eigenvalue weighted by atomic mass is 10.2. The van der Waals surface area contributed by atoms with Crippen LogP contribution in [0.2, 0.25) is 0 Å². The van der Waals surface area contributed by atoms with Gasteiger partial charge in [0.2, 0.25) is 0 Å². The highest BCUT2D eigenvalue weighted by Gasteiger charge is 2.14. The molecule has 0 bridgehead atoms. The maximum absolute atomic E-state index is 12.4. The lowest BCUT2D eigenvalue weighted by Gasteiger charge is -2.19. The quantitative estimate of drug-likeness (QED) is 0.682. The van der Waals surface area contributed by atoms with E-state index in [-0.39, 0.29) is 4.90 Å². The van der Waals surface area contributed by atoms with E-state index in [4.69, 9.17) is 9.47 Å². The Morgan fingerprint density at radius 1 is 0.893 bits per heavy atom. The number of hydrogen-bond donors (Lipinski definition) is 2. The summed E-state index contributed by atoms with van der Waals surface area (Å²) in [5.41, 5.74) is 2.17. The second-order valence-electron chi connectivity index (χ2n) is 6.33. The van der Waals surface area contributed by atoms with Gasteiger partial charge < -0.3 is 14.8 Å². The van der Waals surface area contributed by atoms with E-state index in [0.717, 1.165) is 11.3 Å². The molecule has 2 N–H and O–H groups in total. The maximum atomic E-state index is 12.4. The van der Waals surface area contributed by atoms with Gasteiger partial charge in [0.25, 0.3) is 10.0 Å². The van der Waals surface area contributed by atoms with Crippen molar-refractivity contribution in [3.8, 4) is 11.5 Å². The van der Waals surface area contributed by atoms with Gasteiger partial charge in [-0.15, -0.1) is 0 Å². The summed E-state index contributed by atoms with van der Waals surface area (Å²) in [7, 11) is -3.65. The van der Waals surface area contributed by atoms with Crippen LogP contribution in [-0.2, 0) is 10.0 Å². The molecule has 1 aliphatic heterocycles. The van der Waals surface area contributed by atoms with Crippen molar-refractivity contribution >= 4 is 27.2 Å². The molecule has 0 atom stereocenters. The smallest absolute Gasteiger partial charge is 0.261 e. The Bertz CT molecular complexity index is 1080. The molecule has 0 saturated carbocycles. The molecular weight excluding hydrogens is 378 g/mol. The second-order valence-corrected chi connectivity index (χ2v) is 8.02. The molecule has 0 spiro atoms. The number of sulfonamides is 1. The zero-order valence-corrected chi connectivity index (χ0v) is 16.0. The molecule has 8 heteroatoms. The van der Waals surface area contributed by atoms with Crippen LogP contribution >= 0.6 is 0 Å². The van der Waals surface area contributed by atoms with Crippen molar-refractivity contribution in [1.29, 1.82) is 0 Å². The molecule has 1 aliphatic rings. The van der Waals surface area contributed by atoms with Crippen molar-refractivity contribution < 1.29 is 17.9 Å². The molecule has 0 radical (unpaired) electrons. The van der Waals surface area contributed by atoms with Crippen molar-refractivity contribution in [2.75, 3.05) is 23.3 Å². The van der Waals surface area contributed by atoms with E-state index in [1.807, 2.05) is 25.1 Å². The van der Waals surface area contributed by atoms with Gasteiger partial charge in [-0.2, -0.15) is 0 Å². The molecule has 0 saturated heterocycles. The fourth-order valence-electron chi connectivity index (χ4n) is 2.73. The molecule has 2 heterocycles. The summed E-state index contributed by atoms with van der Waals surface area (Å²) >= 11 is 0. The van der Waals surface area contributed by atoms with E-state index in [1.165, 1.54) is 6.20 Å². The zero-order valence-electron chi connectivity index (χ0n) is 15.2. The van der Waals surface area contributed by atoms with Crippen LogP contribution in [0, 0.1) is 6.92 Å². The summed E-state index contributed by atoms with van der Waals surface area (Å²) in [4.78, 5) is 4.47. The van der Waals surface area contributed by atoms with Crippen LogP contribution in [0.15, 0.2) is 65.7 Å². The molecule has 0 unspecified atom stereocenters. The van der Waals surface area contributed by atoms with Crippen LogP contribution in [-0.4, -0.2) is 26.6 Å². The lowest BCUT2D eigenvalue weighted by Crippen LogP contribution is -2.15. The second kappa shape index (κ2) is 7.40. The molecule has 0 amide bonds. The fourth-order valence-corrected chi connectivity index (χ4v) is 3.77. The minimum atomic E-state index is -3.65. The van der Waals surface area contributed by atoms with Crippen molar-refractivity contribution in [3.05, 3.63) is 66.4 Å². The predicted octanol–water partition coefficient (Wildman–Crippen LogP) is 3.71. The van der Waals surface area contributed by atoms with Gasteiger partial charge >= 0.3 is 0 Å². The van der Waals surface area contributed by atoms with Gasteiger partial charge in [-0.25, -0.2) is 13.4 Å². The van der Waals surface area contributed by atoms with E-state index in [2.05, 4.69) is 15.0 Å². The Morgan fingerprint density at radius 2 is 1.61 bits per heavy atom. The Kier molecular flexibility index (Phi) is 4.79. The third kappa shape index (κ3) is 4.01. The van der Waals surface area contributed by atoms with E-state index >= 15 is 0 Å². The number of benzene rings is 2. The summed E-state index contributed by atoms with van der Waals surface area (Å²) in [6.45, 7) is 2.97. The lowest BCUT2D eigenvalue weighted by molar-refractivity contribution is 0.171. The fraction of sp³-hybridized carbons (Fsp3) is 0.150. The number of ether oxygens (including phenoxy) is 2. The van der Waals surface area contributed by atoms with Gasteiger partial charge in [0.15, 0.2) is 11.5 Å². The average Bonchev–Trinajstić information content (AvgIpc) is 2.69. The molecule has 2 aromatic carbocycles. The molecule has 28 heavy (non-hydrogen) atoms. The van der Waals surface area contributed by atoms with Gasteiger partial charge in [0.1, 0.15) is 19.0 Å². The van der Waals surface area contributed by atoms with Crippen molar-refractivity contribution in [3.63, 3.8) is 0 Å². The number of aryl methyl sites for hydroxylation is 1. The van der Waals surface area contributed by atoms with E-state index in [0.29, 0.717) is 36.2 Å². The summed E-state index contributed by atoms with van der Waals surface area (Å²) in [5, 5.41) is 3.16. The van der Waals surface area contributed by atoms with Gasteiger partial charge in [0, 0.05) is 11.8 Å². The summed E-state index contributed by atoms with van der Waals surface area (Å²) in [6, 6.07) is 15.5. The van der Waals surface area contributed by atoms with Crippen LogP contribution in [0.5, 0.6) is 11.5 Å². The van der Waals surface area contributed by atoms with Crippen LogP contribution < -0.4 is 19.5 Å². The average molecular weight is 397 g/mol. The SMILES string of the molecule is Cc1ccc(S(=O)(=O)Nc2ccc(Nc3ccc4c(c3)OCCO4)nc2)cc1. The van der Waals surface area contributed by atoms with E-state index < -0.39 is 10.0 Å². The van der Waals surface area contributed by atoms with Crippen molar-refractivity contribution in [2.24, 2.45) is 0 Å². The summed E-state index contributed by atoms with van der Waals surface area (Å²) in [5.74, 6) is 1.97. The van der Waals surface area contributed by atoms with Crippen molar-refractivity contribution in [1.82, 2.24) is 4.98 Å². The third-order valence-corrected chi connectivity index (χ3v) is 5.56. The first kappa shape index (κ1) is 18.1. The topological polar surface area (TPSA) is 89.6 Å². The Hall–Kier alpha value is -3.26. The Balaban J connectivity index is 1.46. The summed E-state index contributed by atoms with van der Waals surface area (Å²) in [6.07, 6.45) is 1.46. The van der Waals surface area contributed by atoms with E-state index in [1.54, 1.807) is 36.4 Å². The van der Waals surface area contributed by atoms with Crippen LogP contribution in [0.4, 0.5) is 17.2 Å². The van der Waals surface area contributed by atoms with Gasteiger partial charge in [-0.3, -0.25) is 4.72 Å². The minimum absolute atomic E-state index is 0.205. The van der Waals surface area contributed by atoms with E-state index in [9.17, 15) is 8.42 Å². The predicted molar refractivity (Wildman–Crippen MR) is 107 cm³/mol. The van der Waals surface area contributed by atoms with Crippen molar-refractivity contribution in [2.45, 2.75) is 11.8 Å². The summed E-state index contributed by atoms with van der Waals surface area (Å²) < 4.78 is 38.5. The first-order valence-corrected chi connectivity index (χ1v) is 10.2. The number of pyridine rings is 1. The molecule has 0 aliphatic carbocycles. The van der Waals surface area contributed by atoms with Gasteiger partial charge in [-0.1, -0.05) is 17.7 Å². The third-order valence-electron chi connectivity index (χ3n) is 4.16. The molecule has 3 aromatic rings. The molecule has 4 rings (SSSR count). The van der Waals surface area contributed by atoms with Gasteiger partial charge in [-0.05, 0) is 43.3 Å². The monoisotopic (exact) mass is 397 g/mol. The highest BCUT2D eigenvalue weighted by atomic mass is 32.2. The maximum Gasteiger partial charge on any atom is 0.261 e. The van der Waals surface area contributed by atoms with Crippen LogP contribution in [0.3, 0.4) is 0 Å². The highest BCUT2D eigenvalue weighted by Crippen LogP contribution is 2.33. The number of anilines is 3. The number of aromatic nitrogens is 1. The minimum Gasteiger partial charge on any atom is -0.486 e. The number of nitrogens with zero attached hydrogens (tertiary/aromatic N) is 1. The van der Waals surface area contributed by atoms with Crippen LogP contribution in [0.1, 0.15) is 5.56 Å². The first-order chi connectivity index (χ1) is 13.5. The highest BCUT2D eigenvalue weighted by molar-refractivity contribution is 7.92. The normalized spacial score (nSPS) is 13.0. The standard InChI is InChI=1S/C20H19N3O4S/c1-14-2-6-17(7-3-14)28(24,25)23-16-5-9-20(21-13-16)22-15-4-8-18-19(12-15)27-11-10-26-18/h2-9,12-13,23H,10-11H2,1H3,(H,21,22). The number of fused-ring (bicyclic) bond motifs is 1. The molecule has 7 nitrogen and oxygen atoms in total. The van der Waals surface area contributed by atoms with Gasteiger partial charge in [0.05, 0.1) is 16.8 Å². The number of rotatable bonds is 5. The number of hydrogen-bond acceptors (Lipinski definition) is 6.